The summed E-state index contributed by atoms with van der Waals surface area (Å²) in [5.74, 6) is 1.87. The molecule has 7 rings (SSSR count). The van der Waals surface area contributed by atoms with E-state index in [1.165, 1.54) is 12.8 Å². The number of rotatable bonds is 6. The van der Waals surface area contributed by atoms with Crippen molar-refractivity contribution < 1.29 is 9.53 Å². The van der Waals surface area contributed by atoms with E-state index in [1.807, 2.05) is 21.4 Å². The number of nitrogens with zero attached hydrogens (tertiary/aromatic N) is 5. The molecule has 198 valence electrons. The molecule has 3 atom stereocenters. The first-order chi connectivity index (χ1) is 18.4. The molecular formula is C30H36N6O2. The Morgan fingerprint density at radius 3 is 2.74 bits per heavy atom. The molecule has 2 aliphatic carbocycles. The van der Waals surface area contributed by atoms with Crippen LogP contribution in [0, 0.1) is 18.8 Å². The number of pyridine rings is 2. The summed E-state index contributed by atoms with van der Waals surface area (Å²) in [4.78, 5) is 25.8. The van der Waals surface area contributed by atoms with E-state index in [1.54, 1.807) is 7.11 Å². The minimum Gasteiger partial charge on any atom is -0.482 e. The average molecular weight is 513 g/mol. The molecule has 3 fully saturated rings. The topological polar surface area (TPSA) is 90.7 Å². The quantitative estimate of drug-likeness (QED) is 0.408. The molecule has 38 heavy (non-hydrogen) atoms. The Morgan fingerprint density at radius 1 is 1.13 bits per heavy atom. The van der Waals surface area contributed by atoms with Crippen LogP contribution in [-0.2, 0) is 13.0 Å². The first-order valence-electron chi connectivity index (χ1n) is 14.1. The normalized spacial score (nSPS) is 23.1. The Bertz CT molecular complexity index is 1560. The SMILES string of the molecule is CCc1ccc2cc(-c3nc4cc(C(=O)N5CC(N)C6CCC5C6)cc(OC)n4c3C)n(CC3CC3)c2n1. The molecule has 0 spiro atoms. The predicted molar refractivity (Wildman–Crippen MR) is 147 cm³/mol. The zero-order valence-corrected chi connectivity index (χ0v) is 22.5. The van der Waals surface area contributed by atoms with E-state index in [2.05, 4.69) is 36.6 Å². The summed E-state index contributed by atoms with van der Waals surface area (Å²) in [5.41, 5.74) is 12.8. The van der Waals surface area contributed by atoms with Gasteiger partial charge in [-0.3, -0.25) is 9.20 Å². The molecule has 2 bridgehead atoms. The third kappa shape index (κ3) is 3.72. The zero-order chi connectivity index (χ0) is 26.1. The van der Waals surface area contributed by atoms with E-state index in [0.29, 0.717) is 29.8 Å². The number of aryl methyl sites for hydroxylation is 2. The number of carbonyl (C=O) groups is 1. The largest absolute Gasteiger partial charge is 0.482 e. The number of carbonyl (C=O) groups excluding carboxylic acids is 1. The van der Waals surface area contributed by atoms with Crippen LogP contribution in [0.15, 0.2) is 30.3 Å². The second-order valence-electron chi connectivity index (χ2n) is 11.5. The number of amides is 1. The molecule has 8 heteroatoms. The summed E-state index contributed by atoms with van der Waals surface area (Å²) in [5, 5.41) is 1.13. The van der Waals surface area contributed by atoms with Crippen LogP contribution in [0.3, 0.4) is 0 Å². The van der Waals surface area contributed by atoms with Crippen LogP contribution in [-0.4, -0.2) is 55.5 Å². The van der Waals surface area contributed by atoms with E-state index in [9.17, 15) is 4.79 Å². The molecule has 8 nitrogen and oxygen atoms in total. The Balaban J connectivity index is 1.34. The number of hydrogen-bond acceptors (Lipinski definition) is 5. The predicted octanol–water partition coefficient (Wildman–Crippen LogP) is 4.59. The first-order valence-corrected chi connectivity index (χ1v) is 14.1. The van der Waals surface area contributed by atoms with Crippen LogP contribution in [0.1, 0.15) is 60.8 Å². The van der Waals surface area contributed by atoms with Crippen molar-refractivity contribution in [2.24, 2.45) is 17.6 Å². The zero-order valence-electron chi connectivity index (χ0n) is 22.5. The molecule has 5 heterocycles. The summed E-state index contributed by atoms with van der Waals surface area (Å²) in [7, 11) is 1.65. The van der Waals surface area contributed by atoms with Gasteiger partial charge in [-0.2, -0.15) is 0 Å². The molecule has 1 amide bonds. The highest BCUT2D eigenvalue weighted by molar-refractivity contribution is 5.96. The molecule has 0 aromatic carbocycles. The summed E-state index contributed by atoms with van der Waals surface area (Å²) in [6, 6.07) is 10.6. The lowest BCUT2D eigenvalue weighted by Crippen LogP contribution is -2.51. The Hall–Kier alpha value is -3.39. The molecule has 4 aromatic rings. The van der Waals surface area contributed by atoms with E-state index in [4.69, 9.17) is 20.4 Å². The molecule has 3 aliphatic rings. The van der Waals surface area contributed by atoms with Crippen LogP contribution >= 0.6 is 0 Å². The van der Waals surface area contributed by atoms with Crippen molar-refractivity contribution >= 4 is 22.6 Å². The van der Waals surface area contributed by atoms with Gasteiger partial charge in [0, 0.05) is 47.9 Å². The van der Waals surface area contributed by atoms with Crippen molar-refractivity contribution in [2.75, 3.05) is 13.7 Å². The smallest absolute Gasteiger partial charge is 0.254 e. The van der Waals surface area contributed by atoms with Gasteiger partial charge in [0.25, 0.3) is 5.91 Å². The van der Waals surface area contributed by atoms with E-state index < -0.39 is 0 Å². The fourth-order valence-electron chi connectivity index (χ4n) is 6.70. The maximum atomic E-state index is 13.7. The van der Waals surface area contributed by atoms with Crippen LogP contribution < -0.4 is 10.5 Å². The van der Waals surface area contributed by atoms with Crippen LogP contribution in [0.25, 0.3) is 28.1 Å². The molecule has 3 unspecified atom stereocenters. The van der Waals surface area contributed by atoms with Crippen molar-refractivity contribution in [1.29, 1.82) is 0 Å². The fraction of sp³-hybridized carbons (Fsp3) is 0.500. The highest BCUT2D eigenvalue weighted by Crippen LogP contribution is 2.39. The number of hydrogen-bond donors (Lipinski definition) is 1. The van der Waals surface area contributed by atoms with Crippen molar-refractivity contribution in [3.8, 4) is 17.3 Å². The number of methoxy groups -OCH3 is 1. The highest BCUT2D eigenvalue weighted by atomic mass is 16.5. The summed E-state index contributed by atoms with van der Waals surface area (Å²) in [6.45, 7) is 5.79. The van der Waals surface area contributed by atoms with E-state index in [0.717, 1.165) is 71.7 Å². The van der Waals surface area contributed by atoms with Gasteiger partial charge in [-0.15, -0.1) is 0 Å². The van der Waals surface area contributed by atoms with Gasteiger partial charge in [0.2, 0.25) is 0 Å². The molecule has 1 aliphatic heterocycles. The lowest BCUT2D eigenvalue weighted by molar-refractivity contribution is 0.0603. The minimum absolute atomic E-state index is 0.0212. The summed E-state index contributed by atoms with van der Waals surface area (Å²) in [6.07, 6.45) is 6.60. The van der Waals surface area contributed by atoms with Gasteiger partial charge in [0.1, 0.15) is 17.0 Å². The van der Waals surface area contributed by atoms with Crippen molar-refractivity contribution in [3.63, 3.8) is 0 Å². The Morgan fingerprint density at radius 2 is 1.97 bits per heavy atom. The molecular weight excluding hydrogens is 476 g/mol. The Labute approximate surface area is 222 Å². The molecule has 1 saturated heterocycles. The first kappa shape index (κ1) is 23.7. The van der Waals surface area contributed by atoms with Gasteiger partial charge in [-0.1, -0.05) is 6.92 Å². The number of likely N-dealkylation sites (tertiary alicyclic amines) is 1. The van der Waals surface area contributed by atoms with E-state index in [-0.39, 0.29) is 18.0 Å². The average Bonchev–Trinajstić information content (AvgIpc) is 3.40. The molecule has 0 radical (unpaired) electrons. The van der Waals surface area contributed by atoms with E-state index >= 15 is 0 Å². The monoisotopic (exact) mass is 512 g/mol. The number of aromatic nitrogens is 4. The van der Waals surface area contributed by atoms with Crippen LogP contribution in [0.5, 0.6) is 5.88 Å². The van der Waals surface area contributed by atoms with Gasteiger partial charge in [0.15, 0.2) is 5.88 Å². The lowest BCUT2D eigenvalue weighted by Gasteiger charge is -2.37. The summed E-state index contributed by atoms with van der Waals surface area (Å²) < 4.78 is 10.2. The fourth-order valence-corrected chi connectivity index (χ4v) is 6.70. The number of piperidine rings is 1. The second-order valence-corrected chi connectivity index (χ2v) is 11.5. The Kier molecular flexibility index (Phi) is 5.51. The van der Waals surface area contributed by atoms with Crippen LogP contribution in [0.2, 0.25) is 0 Å². The number of nitrogens with two attached hydrogens (primary N) is 1. The van der Waals surface area contributed by atoms with Crippen molar-refractivity contribution in [1.82, 2.24) is 23.8 Å². The number of ether oxygens (including phenoxy) is 1. The minimum atomic E-state index is 0.0212. The van der Waals surface area contributed by atoms with Gasteiger partial charge < -0.3 is 19.9 Å². The third-order valence-electron chi connectivity index (χ3n) is 9.08. The summed E-state index contributed by atoms with van der Waals surface area (Å²) >= 11 is 0. The van der Waals surface area contributed by atoms with Crippen molar-refractivity contribution in [2.45, 2.75) is 71.0 Å². The highest BCUT2D eigenvalue weighted by Gasteiger charge is 2.41. The third-order valence-corrected chi connectivity index (χ3v) is 9.08. The van der Waals surface area contributed by atoms with Gasteiger partial charge in [-0.25, -0.2) is 9.97 Å². The number of imidazole rings is 1. The molecule has 2 saturated carbocycles. The van der Waals surface area contributed by atoms with Crippen LogP contribution in [0.4, 0.5) is 0 Å². The molecule has 2 N–H and O–H groups in total. The van der Waals surface area contributed by atoms with Gasteiger partial charge in [0.05, 0.1) is 18.5 Å². The second kappa shape index (κ2) is 8.83. The maximum Gasteiger partial charge on any atom is 0.254 e. The van der Waals surface area contributed by atoms with Gasteiger partial charge >= 0.3 is 0 Å². The standard InChI is InChI=1S/C30H36N6O2/c1-4-22-9-7-20-12-25(35(29(20)32-22)15-18-5-6-18)28-17(2)36-26(33-28)13-21(14-27(36)38-3)30(37)34-16-24(31)19-8-10-23(34)11-19/h7,9,12-14,18-19,23-24H,4-6,8,10-11,15-16,31H2,1-3H3. The van der Waals surface area contributed by atoms with Crippen molar-refractivity contribution in [3.05, 3.63) is 47.3 Å². The van der Waals surface area contributed by atoms with Gasteiger partial charge in [-0.05, 0) is 81.5 Å². The molecule has 4 aromatic heterocycles. The maximum absolute atomic E-state index is 13.7. The number of fused-ring (bicyclic) bond motifs is 4. The lowest BCUT2D eigenvalue weighted by atomic mass is 9.94.